The quantitative estimate of drug-likeness (QED) is 0.594. The van der Waals surface area contributed by atoms with Crippen LogP contribution in [0.2, 0.25) is 0 Å². The minimum absolute atomic E-state index is 0.368. The summed E-state index contributed by atoms with van der Waals surface area (Å²) in [5, 5.41) is 3.50. The maximum absolute atomic E-state index is 3.59. The molecular weight excluding hydrogens is 330 g/mol. The maximum atomic E-state index is 3.59. The summed E-state index contributed by atoms with van der Waals surface area (Å²) in [6.07, 6.45) is 5.34. The minimum Gasteiger partial charge on any atom is -0.310 e. The van der Waals surface area contributed by atoms with Crippen molar-refractivity contribution in [2.45, 2.75) is 26.3 Å². The second kappa shape index (κ2) is 7.25. The van der Waals surface area contributed by atoms with Gasteiger partial charge in [0.25, 0.3) is 0 Å². The van der Waals surface area contributed by atoms with Crippen LogP contribution >= 0.6 is 31.9 Å². The van der Waals surface area contributed by atoms with Gasteiger partial charge in [-0.05, 0) is 44.5 Å². The Morgan fingerprint density at radius 1 is 1.38 bits per heavy atom. The van der Waals surface area contributed by atoms with Crippen molar-refractivity contribution in [1.82, 2.24) is 5.32 Å². The Morgan fingerprint density at radius 2 is 2.12 bits per heavy atom. The molecular formula is C13H17Br2N. The average Bonchev–Trinajstić information content (AvgIpc) is 2.24. The SMILES string of the molecule is C/C=C/CCNC(C)c1ccc(Br)cc1Br. The van der Waals surface area contributed by atoms with E-state index in [1.807, 2.05) is 0 Å². The Bertz CT molecular complexity index is 361. The monoisotopic (exact) mass is 345 g/mol. The molecule has 1 aromatic carbocycles. The Hall–Kier alpha value is -0.120. The van der Waals surface area contributed by atoms with Crippen molar-refractivity contribution in [3.63, 3.8) is 0 Å². The average molecular weight is 347 g/mol. The number of hydrogen-bond acceptors (Lipinski definition) is 1. The molecule has 0 radical (unpaired) electrons. The molecule has 0 aliphatic carbocycles. The van der Waals surface area contributed by atoms with E-state index in [0.717, 1.165) is 21.9 Å². The predicted molar refractivity (Wildman–Crippen MR) is 77.7 cm³/mol. The van der Waals surface area contributed by atoms with Crippen LogP contribution in [0.5, 0.6) is 0 Å². The number of rotatable bonds is 5. The first kappa shape index (κ1) is 13.9. The van der Waals surface area contributed by atoms with E-state index in [4.69, 9.17) is 0 Å². The zero-order valence-electron chi connectivity index (χ0n) is 9.63. The first-order valence-corrected chi connectivity index (χ1v) is 7.03. The molecule has 88 valence electrons. The molecule has 1 N–H and O–H groups in total. The molecule has 0 heterocycles. The zero-order chi connectivity index (χ0) is 12.0. The highest BCUT2D eigenvalue weighted by Gasteiger charge is 2.08. The van der Waals surface area contributed by atoms with Crippen LogP contribution in [0.1, 0.15) is 31.9 Å². The third-order valence-corrected chi connectivity index (χ3v) is 3.61. The van der Waals surface area contributed by atoms with E-state index >= 15 is 0 Å². The van der Waals surface area contributed by atoms with Crippen LogP contribution in [0.25, 0.3) is 0 Å². The van der Waals surface area contributed by atoms with Gasteiger partial charge in [0.2, 0.25) is 0 Å². The standard InChI is InChI=1S/C13H17Br2N/c1-3-4-5-8-16-10(2)12-7-6-11(14)9-13(12)15/h3-4,6-7,9-10,16H,5,8H2,1-2H3/b4-3+. The summed E-state index contributed by atoms with van der Waals surface area (Å²) in [5.41, 5.74) is 1.30. The second-order valence-corrected chi connectivity index (χ2v) is 5.47. The fourth-order valence-electron chi connectivity index (χ4n) is 1.51. The normalized spacial score (nSPS) is 13.2. The van der Waals surface area contributed by atoms with Gasteiger partial charge in [-0.25, -0.2) is 0 Å². The summed E-state index contributed by atoms with van der Waals surface area (Å²) in [6.45, 7) is 5.24. The molecule has 0 bridgehead atoms. The molecule has 0 saturated heterocycles. The predicted octanol–water partition coefficient (Wildman–Crippen LogP) is 4.83. The molecule has 0 spiro atoms. The molecule has 1 nitrogen and oxygen atoms in total. The Kier molecular flexibility index (Phi) is 6.32. The van der Waals surface area contributed by atoms with Gasteiger partial charge in [-0.2, -0.15) is 0 Å². The first-order chi connectivity index (χ1) is 7.65. The maximum Gasteiger partial charge on any atom is 0.0303 e. The Morgan fingerprint density at radius 3 is 2.75 bits per heavy atom. The highest BCUT2D eigenvalue weighted by Crippen LogP contribution is 2.26. The van der Waals surface area contributed by atoms with Gasteiger partial charge in [-0.15, -0.1) is 0 Å². The van der Waals surface area contributed by atoms with Crippen LogP contribution < -0.4 is 5.32 Å². The molecule has 0 amide bonds. The lowest BCUT2D eigenvalue weighted by molar-refractivity contribution is 0.579. The summed E-state index contributed by atoms with van der Waals surface area (Å²) in [7, 11) is 0. The lowest BCUT2D eigenvalue weighted by atomic mass is 10.1. The third kappa shape index (κ3) is 4.40. The van der Waals surface area contributed by atoms with Crippen molar-refractivity contribution >= 4 is 31.9 Å². The summed E-state index contributed by atoms with van der Waals surface area (Å²) in [4.78, 5) is 0. The topological polar surface area (TPSA) is 12.0 Å². The van der Waals surface area contributed by atoms with Crippen LogP contribution in [-0.2, 0) is 0 Å². The van der Waals surface area contributed by atoms with Crippen LogP contribution in [0.4, 0.5) is 0 Å². The first-order valence-electron chi connectivity index (χ1n) is 5.44. The van der Waals surface area contributed by atoms with Gasteiger partial charge in [0.05, 0.1) is 0 Å². The largest absolute Gasteiger partial charge is 0.310 e. The minimum atomic E-state index is 0.368. The Balaban J connectivity index is 2.55. The summed E-state index contributed by atoms with van der Waals surface area (Å²) in [6, 6.07) is 6.67. The van der Waals surface area contributed by atoms with Gasteiger partial charge < -0.3 is 5.32 Å². The summed E-state index contributed by atoms with van der Waals surface area (Å²) < 4.78 is 2.25. The van der Waals surface area contributed by atoms with E-state index in [1.165, 1.54) is 5.56 Å². The highest BCUT2D eigenvalue weighted by molar-refractivity contribution is 9.11. The van der Waals surface area contributed by atoms with E-state index in [9.17, 15) is 0 Å². The molecule has 0 aliphatic heterocycles. The molecule has 0 aromatic heterocycles. The van der Waals surface area contributed by atoms with Gasteiger partial charge in [-0.3, -0.25) is 0 Å². The number of halogens is 2. The summed E-state index contributed by atoms with van der Waals surface area (Å²) in [5.74, 6) is 0. The van der Waals surface area contributed by atoms with E-state index < -0.39 is 0 Å². The highest BCUT2D eigenvalue weighted by atomic mass is 79.9. The molecule has 0 aliphatic rings. The lowest BCUT2D eigenvalue weighted by Gasteiger charge is -2.15. The van der Waals surface area contributed by atoms with Crippen LogP contribution in [0.3, 0.4) is 0 Å². The third-order valence-electron chi connectivity index (χ3n) is 2.43. The van der Waals surface area contributed by atoms with Crippen molar-refractivity contribution in [2.75, 3.05) is 6.54 Å². The number of benzene rings is 1. The van der Waals surface area contributed by atoms with Crippen LogP contribution in [-0.4, -0.2) is 6.54 Å². The number of allylic oxidation sites excluding steroid dienone is 1. The molecule has 1 unspecified atom stereocenters. The van der Waals surface area contributed by atoms with E-state index in [0.29, 0.717) is 6.04 Å². The van der Waals surface area contributed by atoms with Crippen molar-refractivity contribution in [1.29, 1.82) is 0 Å². The summed E-state index contributed by atoms with van der Waals surface area (Å²) >= 11 is 7.05. The van der Waals surface area contributed by atoms with Crippen molar-refractivity contribution in [3.05, 3.63) is 44.9 Å². The van der Waals surface area contributed by atoms with Gasteiger partial charge in [0, 0.05) is 15.0 Å². The van der Waals surface area contributed by atoms with Crippen LogP contribution in [0, 0.1) is 0 Å². The lowest BCUT2D eigenvalue weighted by Crippen LogP contribution is -2.19. The molecule has 16 heavy (non-hydrogen) atoms. The molecule has 1 rings (SSSR count). The second-order valence-electron chi connectivity index (χ2n) is 3.70. The molecule has 0 fully saturated rings. The van der Waals surface area contributed by atoms with Crippen molar-refractivity contribution < 1.29 is 0 Å². The fourth-order valence-corrected chi connectivity index (χ4v) is 2.90. The van der Waals surface area contributed by atoms with Gasteiger partial charge >= 0.3 is 0 Å². The molecule has 0 saturated carbocycles. The van der Waals surface area contributed by atoms with Crippen LogP contribution in [0.15, 0.2) is 39.3 Å². The Labute approximate surface area is 115 Å². The van der Waals surface area contributed by atoms with E-state index in [2.05, 4.69) is 81.4 Å². The van der Waals surface area contributed by atoms with Gasteiger partial charge in [0.15, 0.2) is 0 Å². The van der Waals surface area contributed by atoms with Gasteiger partial charge in [-0.1, -0.05) is 50.1 Å². The number of nitrogens with one attached hydrogen (secondary N) is 1. The van der Waals surface area contributed by atoms with E-state index in [1.54, 1.807) is 0 Å². The smallest absolute Gasteiger partial charge is 0.0303 e. The van der Waals surface area contributed by atoms with E-state index in [-0.39, 0.29) is 0 Å². The molecule has 3 heteroatoms. The fraction of sp³-hybridized carbons (Fsp3) is 0.385. The molecule has 1 aromatic rings. The number of hydrogen-bond donors (Lipinski definition) is 1. The van der Waals surface area contributed by atoms with Crippen molar-refractivity contribution in [3.8, 4) is 0 Å². The molecule has 1 atom stereocenters. The van der Waals surface area contributed by atoms with Crippen molar-refractivity contribution in [2.24, 2.45) is 0 Å². The van der Waals surface area contributed by atoms with Gasteiger partial charge in [0.1, 0.15) is 0 Å². The zero-order valence-corrected chi connectivity index (χ0v) is 12.8.